The molecule has 75 heavy (non-hydrogen) atoms. The second-order valence-electron chi connectivity index (χ2n) is 16.8. The molecule has 0 N–H and O–H groups in total. The summed E-state index contributed by atoms with van der Waals surface area (Å²) >= 11 is 0. The van der Waals surface area contributed by atoms with E-state index in [1.54, 1.807) is 0 Å². The monoisotopic (exact) mass is 1010 g/mol. The van der Waals surface area contributed by atoms with E-state index in [2.05, 4.69) is 237 Å². The Morgan fingerprint density at radius 3 is 1.29 bits per heavy atom. The maximum atomic E-state index is 4.25. The predicted molar refractivity (Wildman–Crippen MR) is 346 cm³/mol. The molecule has 6 aromatic carbocycles. The van der Waals surface area contributed by atoms with E-state index in [1.165, 1.54) is 52.8 Å². The summed E-state index contributed by atoms with van der Waals surface area (Å²) in [5.74, 6) is 0.884. The molecule has 0 unspecified atom stereocenters. The number of allylic oxidation sites excluding steroid dienone is 7. The lowest BCUT2D eigenvalue weighted by molar-refractivity contribution is 0.626. The van der Waals surface area contributed by atoms with E-state index >= 15 is 0 Å². The molecule has 2 heteroatoms. The van der Waals surface area contributed by atoms with E-state index in [0.717, 1.165) is 42.3 Å². The number of benzene rings is 6. The molecule has 6 rings (SSSR count). The van der Waals surface area contributed by atoms with Crippen molar-refractivity contribution in [3.63, 3.8) is 0 Å². The molecule has 0 heterocycles. The first-order chi connectivity index (χ1) is 36.5. The quantitative estimate of drug-likeness (QED) is 0.0536. The summed E-state index contributed by atoms with van der Waals surface area (Å²) in [6.45, 7) is 44.1. The highest BCUT2D eigenvalue weighted by atomic mass is 15.1. The third-order valence-electron chi connectivity index (χ3n) is 11.1. The van der Waals surface area contributed by atoms with E-state index in [0.29, 0.717) is 0 Å². The number of aryl methyl sites for hydroxylation is 1. The third-order valence-corrected chi connectivity index (χ3v) is 11.1. The molecule has 406 valence electrons. The van der Waals surface area contributed by atoms with E-state index in [9.17, 15) is 0 Å². The van der Waals surface area contributed by atoms with Crippen LogP contribution in [0.4, 0.5) is 5.69 Å². The smallest absolute Gasteiger partial charge is 0.0565 e. The topological polar surface area (TPSA) is 15.6 Å². The number of para-hydroxylation sites is 1. The van der Waals surface area contributed by atoms with Crippen molar-refractivity contribution in [2.75, 3.05) is 18.5 Å². The minimum Gasteiger partial charge on any atom is -0.341 e. The number of nitrogens with zero attached hydrogens (tertiary/aromatic N) is 2. The summed E-state index contributed by atoms with van der Waals surface area (Å²) < 4.78 is 0. The van der Waals surface area contributed by atoms with Gasteiger partial charge in [0.2, 0.25) is 0 Å². The molecule has 0 aliphatic carbocycles. The lowest BCUT2D eigenvalue weighted by Gasteiger charge is -2.29. The van der Waals surface area contributed by atoms with Crippen LogP contribution in [-0.2, 0) is 5.41 Å². The first kappa shape index (κ1) is 72.5. The first-order valence-electron chi connectivity index (χ1n) is 28.0. The van der Waals surface area contributed by atoms with Gasteiger partial charge in [-0.25, -0.2) is 0 Å². The van der Waals surface area contributed by atoms with Crippen LogP contribution < -0.4 is 4.90 Å². The zero-order valence-corrected chi connectivity index (χ0v) is 50.2. The highest BCUT2D eigenvalue weighted by molar-refractivity contribution is 5.98. The van der Waals surface area contributed by atoms with Gasteiger partial charge in [-0.05, 0) is 79.5 Å². The summed E-state index contributed by atoms with van der Waals surface area (Å²) in [6, 6.07) is 62.3. The van der Waals surface area contributed by atoms with Crippen LogP contribution in [0.2, 0.25) is 0 Å². The molecular formula is C73H104N2. The van der Waals surface area contributed by atoms with Gasteiger partial charge in [-0.15, -0.1) is 6.58 Å². The minimum absolute atomic E-state index is 0.270. The molecule has 0 aliphatic heterocycles. The molecule has 0 saturated heterocycles. The van der Waals surface area contributed by atoms with Crippen molar-refractivity contribution >= 4 is 17.1 Å². The number of aliphatic imine (C=N–C) groups is 1. The van der Waals surface area contributed by atoms with Gasteiger partial charge in [0.15, 0.2) is 0 Å². The number of anilines is 1. The highest BCUT2D eigenvalue weighted by Crippen LogP contribution is 2.36. The fourth-order valence-electron chi connectivity index (χ4n) is 6.33. The van der Waals surface area contributed by atoms with Crippen molar-refractivity contribution in [3.8, 4) is 0 Å². The van der Waals surface area contributed by atoms with E-state index in [4.69, 9.17) is 0 Å². The number of hydrogen-bond acceptors (Lipinski definition) is 2. The van der Waals surface area contributed by atoms with Crippen LogP contribution in [0, 0.1) is 12.8 Å². The van der Waals surface area contributed by atoms with Crippen molar-refractivity contribution in [2.24, 2.45) is 10.9 Å². The summed E-state index contributed by atoms with van der Waals surface area (Å²) in [7, 11) is 1.81. The molecule has 0 spiro atoms. The normalized spacial score (nSPS) is 10.3. The molecule has 6 aromatic rings. The Hall–Kier alpha value is -6.77. The Balaban J connectivity index is -0.000000896. The van der Waals surface area contributed by atoms with Crippen LogP contribution in [0.5, 0.6) is 0 Å². The molecule has 0 saturated carbocycles. The van der Waals surface area contributed by atoms with Gasteiger partial charge in [-0.2, -0.15) is 0 Å². The Morgan fingerprint density at radius 2 is 0.973 bits per heavy atom. The van der Waals surface area contributed by atoms with Crippen LogP contribution in [-0.4, -0.2) is 19.3 Å². The highest BCUT2D eigenvalue weighted by Gasteiger charge is 2.28. The zero-order chi connectivity index (χ0) is 57.0. The molecule has 0 fully saturated rings. The fourth-order valence-corrected chi connectivity index (χ4v) is 6.33. The molecule has 0 amide bonds. The predicted octanol–water partition coefficient (Wildman–Crippen LogP) is 22.4. The van der Waals surface area contributed by atoms with Crippen molar-refractivity contribution in [2.45, 2.75) is 141 Å². The second-order valence-corrected chi connectivity index (χ2v) is 16.8. The molecule has 0 bridgehead atoms. The van der Waals surface area contributed by atoms with Crippen LogP contribution in [0.3, 0.4) is 0 Å². The lowest BCUT2D eigenvalue weighted by Crippen LogP contribution is -2.22. The molecule has 2 nitrogen and oxygen atoms in total. The van der Waals surface area contributed by atoms with Gasteiger partial charge in [-0.1, -0.05) is 333 Å². The van der Waals surface area contributed by atoms with Gasteiger partial charge >= 0.3 is 0 Å². The van der Waals surface area contributed by atoms with Crippen LogP contribution in [0.1, 0.15) is 157 Å². The van der Waals surface area contributed by atoms with E-state index < -0.39 is 0 Å². The van der Waals surface area contributed by atoms with E-state index in [1.807, 2.05) is 128 Å². The molecule has 0 aliphatic rings. The van der Waals surface area contributed by atoms with Crippen molar-refractivity contribution < 1.29 is 0 Å². The number of rotatable bonds is 16. The lowest BCUT2D eigenvalue weighted by atomic mass is 9.74. The maximum absolute atomic E-state index is 4.25. The minimum atomic E-state index is -0.270. The Labute approximate surface area is 463 Å². The van der Waals surface area contributed by atoms with Crippen LogP contribution in [0.15, 0.2) is 255 Å². The van der Waals surface area contributed by atoms with Gasteiger partial charge in [0.05, 0.1) is 5.41 Å². The molecule has 0 aromatic heterocycles. The van der Waals surface area contributed by atoms with Crippen molar-refractivity contribution in [3.05, 3.63) is 278 Å². The average Bonchev–Trinajstić information content (AvgIpc) is 3.49. The second kappa shape index (κ2) is 50.7. The SMILES string of the molecule is C=C/C(=C\C=C\C(/C=C/C)(c1ccccc1)c1ccccc1)CC.C=CCCN(C(=C)c1ccccc1)c1ccccc1.CC.CC.CC.CCC(C)C.CCCC.CN=C(C)c1ccccc1.Cc1ccccc1. The molecular weight excluding hydrogens is 905 g/mol. The third kappa shape index (κ3) is 32.9. The Kier molecular flexibility index (Phi) is 49.0. The summed E-state index contributed by atoms with van der Waals surface area (Å²) in [6.07, 6.45) is 20.7. The van der Waals surface area contributed by atoms with E-state index in [-0.39, 0.29) is 5.41 Å². The van der Waals surface area contributed by atoms with Crippen molar-refractivity contribution in [1.82, 2.24) is 0 Å². The zero-order valence-electron chi connectivity index (χ0n) is 50.2. The van der Waals surface area contributed by atoms with Gasteiger partial charge in [0.25, 0.3) is 0 Å². The van der Waals surface area contributed by atoms with Gasteiger partial charge < -0.3 is 4.90 Å². The number of hydrogen-bond donors (Lipinski definition) is 0. The largest absolute Gasteiger partial charge is 0.341 e. The van der Waals surface area contributed by atoms with Crippen LogP contribution >= 0.6 is 0 Å². The molecule has 0 radical (unpaired) electrons. The first-order valence-corrected chi connectivity index (χ1v) is 28.0. The summed E-state index contributed by atoms with van der Waals surface area (Å²) in [5, 5.41) is 0. The maximum Gasteiger partial charge on any atom is 0.0565 e. The Morgan fingerprint density at radius 1 is 0.587 bits per heavy atom. The fraction of sp³-hybridized carbons (Fsp3) is 0.329. The van der Waals surface area contributed by atoms with Gasteiger partial charge in [-0.3, -0.25) is 4.99 Å². The Bertz CT molecular complexity index is 2260. The van der Waals surface area contributed by atoms with Gasteiger partial charge in [0, 0.05) is 30.7 Å². The number of unbranched alkanes of at least 4 members (excludes halogenated alkanes) is 1. The molecule has 0 atom stereocenters. The average molecular weight is 1010 g/mol. The van der Waals surface area contributed by atoms with Crippen molar-refractivity contribution in [1.29, 1.82) is 0 Å². The summed E-state index contributed by atoms with van der Waals surface area (Å²) in [4.78, 5) is 6.31. The van der Waals surface area contributed by atoms with Crippen LogP contribution in [0.25, 0.3) is 5.70 Å². The van der Waals surface area contributed by atoms with Gasteiger partial charge in [0.1, 0.15) is 0 Å². The standard InChI is InChI=1S/C24H26.C18H19N.C9H11N.C7H8.C5H12.C4H10.3C2H6/c1-4-19-24(22-15-9-7-10-16-22,23-17-11-8-12-18-23)20-13-14-21(5-2)6-3;1-3-4-15-19(18-13-9-6-10-14-18)16(2)17-11-7-5-8-12-17;1-8(10-2)9-6-4-3-5-7-9;1-7-5-3-2-4-6-7;1-4-5(2)3;1-3-4-2;3*1-2/h4-5,7-20H,2,6H2,1,3H3;3,5-14H,1-2,4,15H2;3-7H,1-2H3;2-6H,1H3;5H,4H2,1-3H3;3-4H2,1-2H3;3*1-2H3/b19-4+,20-13+,21-14+;;;;;;;;. The summed E-state index contributed by atoms with van der Waals surface area (Å²) in [5.41, 5.74) is 10.4.